The minimum absolute atomic E-state index is 0.0769. The van der Waals surface area contributed by atoms with Crippen molar-refractivity contribution in [2.24, 2.45) is 5.92 Å². The van der Waals surface area contributed by atoms with Crippen LogP contribution in [0.1, 0.15) is 13.3 Å². The van der Waals surface area contributed by atoms with Gasteiger partial charge in [0.2, 0.25) is 5.91 Å². The number of rotatable bonds is 2. The van der Waals surface area contributed by atoms with Crippen molar-refractivity contribution in [3.05, 3.63) is 26.2 Å². The zero-order valence-electron chi connectivity index (χ0n) is 9.47. The SMILES string of the molecule is CC1NCCC1C(=O)Nc1ccc(I)c(Br)c1. The lowest BCUT2D eigenvalue weighted by Gasteiger charge is -2.15. The minimum Gasteiger partial charge on any atom is -0.326 e. The second-order valence-electron chi connectivity index (χ2n) is 4.26. The molecule has 0 saturated carbocycles. The van der Waals surface area contributed by atoms with E-state index in [2.05, 4.69) is 56.1 Å². The van der Waals surface area contributed by atoms with Gasteiger partial charge in [0, 0.05) is 19.8 Å². The molecule has 0 aliphatic carbocycles. The summed E-state index contributed by atoms with van der Waals surface area (Å²) in [5, 5.41) is 6.26. The summed E-state index contributed by atoms with van der Waals surface area (Å²) in [7, 11) is 0. The van der Waals surface area contributed by atoms with Gasteiger partial charge in [0.05, 0.1) is 5.92 Å². The Morgan fingerprint density at radius 2 is 2.35 bits per heavy atom. The Morgan fingerprint density at radius 1 is 1.59 bits per heavy atom. The summed E-state index contributed by atoms with van der Waals surface area (Å²) in [4.78, 5) is 12.1. The van der Waals surface area contributed by atoms with Crippen LogP contribution >= 0.6 is 38.5 Å². The molecular formula is C12H14BrIN2O. The van der Waals surface area contributed by atoms with Crippen molar-refractivity contribution in [3.8, 4) is 0 Å². The molecule has 1 aromatic carbocycles. The van der Waals surface area contributed by atoms with Crippen molar-refractivity contribution in [1.29, 1.82) is 0 Å². The fourth-order valence-corrected chi connectivity index (χ4v) is 2.74. The fourth-order valence-electron chi connectivity index (χ4n) is 2.03. The largest absolute Gasteiger partial charge is 0.326 e. The lowest BCUT2D eigenvalue weighted by atomic mass is 10.0. The van der Waals surface area contributed by atoms with Crippen LogP contribution in [0.25, 0.3) is 0 Å². The molecule has 1 amide bonds. The number of halogens is 2. The highest BCUT2D eigenvalue weighted by Crippen LogP contribution is 2.24. The first-order valence-electron chi connectivity index (χ1n) is 5.57. The molecule has 1 aromatic rings. The molecule has 2 atom stereocenters. The molecule has 0 aromatic heterocycles. The van der Waals surface area contributed by atoms with Gasteiger partial charge in [-0.1, -0.05) is 0 Å². The van der Waals surface area contributed by atoms with Crippen LogP contribution in [0.3, 0.4) is 0 Å². The summed E-state index contributed by atoms with van der Waals surface area (Å²) in [6.07, 6.45) is 0.915. The molecule has 3 nitrogen and oxygen atoms in total. The van der Waals surface area contributed by atoms with E-state index < -0.39 is 0 Å². The Balaban J connectivity index is 2.05. The molecule has 0 bridgehead atoms. The number of carbonyl (C=O) groups is 1. The molecule has 2 N–H and O–H groups in total. The third kappa shape index (κ3) is 3.20. The van der Waals surface area contributed by atoms with Crippen molar-refractivity contribution in [1.82, 2.24) is 5.32 Å². The summed E-state index contributed by atoms with van der Waals surface area (Å²) in [6, 6.07) is 6.11. The number of amides is 1. The first-order chi connectivity index (χ1) is 8.08. The van der Waals surface area contributed by atoms with Gasteiger partial charge in [-0.3, -0.25) is 4.79 Å². The van der Waals surface area contributed by atoms with Gasteiger partial charge in [0.15, 0.2) is 0 Å². The van der Waals surface area contributed by atoms with Gasteiger partial charge in [-0.25, -0.2) is 0 Å². The van der Waals surface area contributed by atoms with Crippen LogP contribution in [0.15, 0.2) is 22.7 Å². The second-order valence-corrected chi connectivity index (χ2v) is 6.27. The summed E-state index contributed by atoms with van der Waals surface area (Å²) in [5.41, 5.74) is 0.849. The highest BCUT2D eigenvalue weighted by atomic mass is 127. The van der Waals surface area contributed by atoms with Gasteiger partial charge in [-0.2, -0.15) is 0 Å². The smallest absolute Gasteiger partial charge is 0.229 e. The molecule has 1 fully saturated rings. The molecule has 5 heteroatoms. The van der Waals surface area contributed by atoms with Gasteiger partial charge in [0.25, 0.3) is 0 Å². The van der Waals surface area contributed by atoms with Crippen molar-refractivity contribution < 1.29 is 4.79 Å². The molecule has 17 heavy (non-hydrogen) atoms. The first-order valence-corrected chi connectivity index (χ1v) is 7.44. The lowest BCUT2D eigenvalue weighted by molar-refractivity contribution is -0.119. The Kier molecular flexibility index (Phi) is 4.43. The zero-order valence-corrected chi connectivity index (χ0v) is 13.2. The van der Waals surface area contributed by atoms with Crippen molar-refractivity contribution in [2.45, 2.75) is 19.4 Å². The Hall–Kier alpha value is -0.140. The van der Waals surface area contributed by atoms with Gasteiger partial charge in [-0.15, -0.1) is 0 Å². The average Bonchev–Trinajstić information content (AvgIpc) is 2.70. The molecule has 1 aliphatic heterocycles. The van der Waals surface area contributed by atoms with E-state index in [1.165, 1.54) is 0 Å². The maximum Gasteiger partial charge on any atom is 0.229 e. The number of nitrogens with one attached hydrogen (secondary N) is 2. The van der Waals surface area contributed by atoms with E-state index >= 15 is 0 Å². The third-order valence-corrected chi connectivity index (χ3v) is 5.39. The predicted octanol–water partition coefficient (Wildman–Crippen LogP) is 2.99. The van der Waals surface area contributed by atoms with Gasteiger partial charge < -0.3 is 10.6 Å². The summed E-state index contributed by atoms with van der Waals surface area (Å²) in [5.74, 6) is 0.184. The number of benzene rings is 1. The normalized spacial score (nSPS) is 23.7. The summed E-state index contributed by atoms with van der Waals surface area (Å²) < 4.78 is 2.14. The molecule has 92 valence electrons. The van der Waals surface area contributed by atoms with Gasteiger partial charge >= 0.3 is 0 Å². The van der Waals surface area contributed by atoms with Crippen molar-refractivity contribution in [3.63, 3.8) is 0 Å². The Morgan fingerprint density at radius 3 is 2.94 bits per heavy atom. The Bertz CT molecular complexity index is 439. The molecule has 0 radical (unpaired) electrons. The quantitative estimate of drug-likeness (QED) is 0.738. The number of hydrogen-bond acceptors (Lipinski definition) is 2. The van der Waals surface area contributed by atoms with Crippen molar-refractivity contribution >= 4 is 50.1 Å². The van der Waals surface area contributed by atoms with Crippen LogP contribution in [-0.4, -0.2) is 18.5 Å². The van der Waals surface area contributed by atoms with Gasteiger partial charge in [-0.05, 0) is 76.6 Å². The fraction of sp³-hybridized carbons (Fsp3) is 0.417. The molecular weight excluding hydrogens is 395 g/mol. The zero-order chi connectivity index (χ0) is 12.4. The maximum absolute atomic E-state index is 12.1. The first kappa shape index (κ1) is 13.3. The standard InChI is InChI=1S/C12H14BrIN2O/c1-7-9(4-5-15-7)12(17)16-8-2-3-11(14)10(13)6-8/h2-3,6-7,9,15H,4-5H2,1H3,(H,16,17). The average molecular weight is 409 g/mol. The molecule has 1 aliphatic rings. The predicted molar refractivity (Wildman–Crippen MR) is 81.1 cm³/mol. The van der Waals surface area contributed by atoms with Crippen LogP contribution in [0, 0.1) is 9.49 Å². The number of carbonyl (C=O) groups excluding carboxylic acids is 1. The van der Waals surface area contributed by atoms with E-state index in [1.54, 1.807) is 0 Å². The highest BCUT2D eigenvalue weighted by Gasteiger charge is 2.29. The van der Waals surface area contributed by atoms with Crippen LogP contribution < -0.4 is 10.6 Å². The number of anilines is 1. The third-order valence-electron chi connectivity index (χ3n) is 3.05. The number of hydrogen-bond donors (Lipinski definition) is 2. The van der Waals surface area contributed by atoms with Crippen LogP contribution in [0.5, 0.6) is 0 Å². The van der Waals surface area contributed by atoms with Crippen LogP contribution in [0.4, 0.5) is 5.69 Å². The van der Waals surface area contributed by atoms with E-state index in [-0.39, 0.29) is 17.9 Å². The van der Waals surface area contributed by atoms with E-state index in [0.29, 0.717) is 0 Å². The maximum atomic E-state index is 12.1. The summed E-state index contributed by atoms with van der Waals surface area (Å²) in [6.45, 7) is 2.98. The second kappa shape index (κ2) is 5.67. The summed E-state index contributed by atoms with van der Waals surface area (Å²) >= 11 is 5.71. The Labute approximate surface area is 123 Å². The van der Waals surface area contributed by atoms with Crippen molar-refractivity contribution in [2.75, 3.05) is 11.9 Å². The highest BCUT2D eigenvalue weighted by molar-refractivity contribution is 14.1. The van der Waals surface area contributed by atoms with E-state index in [1.807, 2.05) is 18.2 Å². The van der Waals surface area contributed by atoms with E-state index in [0.717, 1.165) is 26.7 Å². The topological polar surface area (TPSA) is 41.1 Å². The minimum atomic E-state index is 0.0769. The van der Waals surface area contributed by atoms with E-state index in [4.69, 9.17) is 0 Å². The molecule has 2 rings (SSSR count). The molecule has 0 spiro atoms. The van der Waals surface area contributed by atoms with Crippen LogP contribution in [-0.2, 0) is 4.79 Å². The lowest BCUT2D eigenvalue weighted by Crippen LogP contribution is -2.32. The molecule has 1 saturated heterocycles. The molecule has 2 unspecified atom stereocenters. The molecule has 1 heterocycles. The van der Waals surface area contributed by atoms with Gasteiger partial charge in [0.1, 0.15) is 0 Å². The van der Waals surface area contributed by atoms with E-state index in [9.17, 15) is 4.79 Å². The monoisotopic (exact) mass is 408 g/mol. The van der Waals surface area contributed by atoms with Crippen LogP contribution in [0.2, 0.25) is 0 Å².